The Morgan fingerprint density at radius 3 is 3.00 bits per heavy atom. The van der Waals surface area contributed by atoms with E-state index in [1.165, 1.54) is 11.3 Å². The van der Waals surface area contributed by atoms with E-state index in [-0.39, 0.29) is 18.0 Å². The van der Waals surface area contributed by atoms with Gasteiger partial charge in [-0.25, -0.2) is 9.78 Å². The average molecular weight is 336 g/mol. The molecule has 0 spiro atoms. The number of carbonyl (C=O) groups is 2. The highest BCUT2D eigenvalue weighted by atomic mass is 32.1. The molecule has 2 saturated heterocycles. The first kappa shape index (κ1) is 16.2. The lowest BCUT2D eigenvalue weighted by atomic mass is 10.0. The SMILES string of the molecule is CC(C)Cc1ncc(C(=O)N2CCCC(N3CCNC3=O)C2)s1. The molecule has 0 aromatic carbocycles. The zero-order chi connectivity index (χ0) is 16.4. The smallest absolute Gasteiger partial charge is 0.317 e. The zero-order valence-electron chi connectivity index (χ0n) is 13.7. The molecule has 2 fully saturated rings. The largest absolute Gasteiger partial charge is 0.336 e. The Bertz CT molecular complexity index is 586. The van der Waals surface area contributed by atoms with Crippen molar-refractivity contribution in [1.82, 2.24) is 20.1 Å². The van der Waals surface area contributed by atoms with Crippen LogP contribution in [0, 0.1) is 5.92 Å². The van der Waals surface area contributed by atoms with Gasteiger partial charge in [-0.15, -0.1) is 11.3 Å². The zero-order valence-corrected chi connectivity index (χ0v) is 14.6. The molecule has 126 valence electrons. The fourth-order valence-corrected chi connectivity index (χ4v) is 4.33. The Kier molecular flexibility index (Phi) is 4.84. The quantitative estimate of drug-likeness (QED) is 0.914. The van der Waals surface area contributed by atoms with Crippen LogP contribution in [-0.2, 0) is 6.42 Å². The number of carbonyl (C=O) groups excluding carboxylic acids is 2. The van der Waals surface area contributed by atoms with Crippen LogP contribution in [0.1, 0.15) is 41.4 Å². The first-order chi connectivity index (χ1) is 11.0. The van der Waals surface area contributed by atoms with Crippen molar-refractivity contribution < 1.29 is 9.59 Å². The van der Waals surface area contributed by atoms with Gasteiger partial charge in [-0.2, -0.15) is 0 Å². The normalized spacial score (nSPS) is 21.9. The van der Waals surface area contributed by atoms with E-state index < -0.39 is 0 Å². The molecule has 3 amide bonds. The lowest BCUT2D eigenvalue weighted by molar-refractivity contribution is 0.0639. The fraction of sp³-hybridized carbons (Fsp3) is 0.688. The second-order valence-corrected chi connectivity index (χ2v) is 7.80. The molecule has 3 rings (SSSR count). The maximum atomic E-state index is 12.7. The number of likely N-dealkylation sites (tertiary alicyclic amines) is 1. The lowest BCUT2D eigenvalue weighted by Gasteiger charge is -2.36. The average Bonchev–Trinajstić information content (AvgIpc) is 3.15. The minimum absolute atomic E-state index is 0.00121. The highest BCUT2D eigenvalue weighted by Gasteiger charge is 2.33. The van der Waals surface area contributed by atoms with E-state index >= 15 is 0 Å². The van der Waals surface area contributed by atoms with Crippen molar-refractivity contribution in [3.63, 3.8) is 0 Å². The number of nitrogens with one attached hydrogen (secondary N) is 1. The molecule has 3 heterocycles. The van der Waals surface area contributed by atoms with Gasteiger partial charge in [0.05, 0.1) is 17.2 Å². The minimum atomic E-state index is 0.00121. The first-order valence-corrected chi connectivity index (χ1v) is 9.14. The molecular formula is C16H24N4O2S. The number of urea groups is 1. The molecule has 1 unspecified atom stereocenters. The van der Waals surface area contributed by atoms with Gasteiger partial charge in [-0.3, -0.25) is 4.79 Å². The second-order valence-electron chi connectivity index (χ2n) is 6.69. The molecule has 0 radical (unpaired) electrons. The van der Waals surface area contributed by atoms with Crippen molar-refractivity contribution in [3.8, 4) is 0 Å². The predicted molar refractivity (Wildman–Crippen MR) is 89.7 cm³/mol. The Morgan fingerprint density at radius 1 is 1.48 bits per heavy atom. The van der Waals surface area contributed by atoms with E-state index in [1.807, 2.05) is 9.80 Å². The van der Waals surface area contributed by atoms with Crippen molar-refractivity contribution in [3.05, 3.63) is 16.1 Å². The number of nitrogens with zero attached hydrogens (tertiary/aromatic N) is 3. The monoisotopic (exact) mass is 336 g/mol. The number of amides is 3. The Hall–Kier alpha value is -1.63. The maximum Gasteiger partial charge on any atom is 0.317 e. The third-order valence-corrected chi connectivity index (χ3v) is 5.37. The number of aromatic nitrogens is 1. The summed E-state index contributed by atoms with van der Waals surface area (Å²) in [6.07, 6.45) is 4.53. The predicted octanol–water partition coefficient (Wildman–Crippen LogP) is 1.97. The summed E-state index contributed by atoms with van der Waals surface area (Å²) < 4.78 is 0. The highest BCUT2D eigenvalue weighted by molar-refractivity contribution is 7.13. The van der Waals surface area contributed by atoms with Crippen LogP contribution in [0.3, 0.4) is 0 Å². The molecule has 2 aliphatic rings. The van der Waals surface area contributed by atoms with Gasteiger partial charge >= 0.3 is 6.03 Å². The van der Waals surface area contributed by atoms with Gasteiger partial charge in [0.25, 0.3) is 5.91 Å². The van der Waals surface area contributed by atoms with E-state index in [1.54, 1.807) is 6.20 Å². The van der Waals surface area contributed by atoms with Crippen molar-refractivity contribution in [2.45, 2.75) is 39.2 Å². The third kappa shape index (κ3) is 3.65. The van der Waals surface area contributed by atoms with E-state index in [0.29, 0.717) is 23.9 Å². The molecule has 0 saturated carbocycles. The summed E-state index contributed by atoms with van der Waals surface area (Å²) in [5, 5.41) is 3.86. The van der Waals surface area contributed by atoms with Crippen LogP contribution in [-0.4, -0.2) is 58.9 Å². The standard InChI is InChI=1S/C16H24N4O2S/c1-11(2)8-14-18-9-13(23-14)15(21)19-6-3-4-12(10-19)20-7-5-17-16(20)22/h9,11-12H,3-8,10H2,1-2H3,(H,17,22). The summed E-state index contributed by atoms with van der Waals surface area (Å²) >= 11 is 1.50. The van der Waals surface area contributed by atoms with Crippen molar-refractivity contribution in [2.75, 3.05) is 26.2 Å². The first-order valence-electron chi connectivity index (χ1n) is 8.33. The van der Waals surface area contributed by atoms with Crippen LogP contribution in [0.25, 0.3) is 0 Å². The molecule has 0 aliphatic carbocycles. The number of hydrogen-bond acceptors (Lipinski definition) is 4. The van der Waals surface area contributed by atoms with Crippen LogP contribution in [0.4, 0.5) is 4.79 Å². The van der Waals surface area contributed by atoms with E-state index in [9.17, 15) is 9.59 Å². The summed E-state index contributed by atoms with van der Waals surface area (Å²) in [4.78, 5) is 33.4. The summed E-state index contributed by atoms with van der Waals surface area (Å²) in [7, 11) is 0. The van der Waals surface area contributed by atoms with E-state index in [2.05, 4.69) is 24.1 Å². The third-order valence-electron chi connectivity index (χ3n) is 4.36. The van der Waals surface area contributed by atoms with E-state index in [4.69, 9.17) is 0 Å². The summed E-state index contributed by atoms with van der Waals surface area (Å²) in [5.41, 5.74) is 0. The summed E-state index contributed by atoms with van der Waals surface area (Å²) in [5.74, 6) is 0.596. The van der Waals surface area contributed by atoms with Crippen LogP contribution in [0.5, 0.6) is 0 Å². The minimum Gasteiger partial charge on any atom is -0.336 e. The van der Waals surface area contributed by atoms with Gasteiger partial charge in [0, 0.05) is 32.6 Å². The van der Waals surface area contributed by atoms with Crippen molar-refractivity contribution in [1.29, 1.82) is 0 Å². The molecule has 1 N–H and O–H groups in total. The number of piperidine rings is 1. The topological polar surface area (TPSA) is 65.5 Å². The molecular weight excluding hydrogens is 312 g/mol. The van der Waals surface area contributed by atoms with E-state index in [0.717, 1.165) is 37.4 Å². The van der Waals surface area contributed by atoms with Gasteiger partial charge in [0.15, 0.2) is 0 Å². The van der Waals surface area contributed by atoms with Crippen LogP contribution in [0.2, 0.25) is 0 Å². The highest BCUT2D eigenvalue weighted by Crippen LogP contribution is 2.22. The Labute approximate surface area is 140 Å². The number of rotatable bonds is 4. The number of hydrogen-bond donors (Lipinski definition) is 1. The Balaban J connectivity index is 1.64. The molecule has 6 nitrogen and oxygen atoms in total. The fourth-order valence-electron chi connectivity index (χ4n) is 3.24. The van der Waals surface area contributed by atoms with Gasteiger partial charge in [0.2, 0.25) is 0 Å². The molecule has 0 bridgehead atoms. The maximum absolute atomic E-state index is 12.7. The molecule has 1 aromatic heterocycles. The van der Waals surface area contributed by atoms with Gasteiger partial charge in [-0.05, 0) is 18.8 Å². The molecule has 1 aromatic rings. The van der Waals surface area contributed by atoms with Gasteiger partial charge in [-0.1, -0.05) is 13.8 Å². The number of thiazole rings is 1. The molecule has 7 heteroatoms. The Morgan fingerprint density at radius 2 is 2.30 bits per heavy atom. The van der Waals surface area contributed by atoms with Gasteiger partial charge in [0.1, 0.15) is 4.88 Å². The van der Waals surface area contributed by atoms with Crippen molar-refractivity contribution >= 4 is 23.3 Å². The molecule has 1 atom stereocenters. The van der Waals surface area contributed by atoms with Gasteiger partial charge < -0.3 is 15.1 Å². The van der Waals surface area contributed by atoms with Crippen LogP contribution < -0.4 is 5.32 Å². The van der Waals surface area contributed by atoms with Crippen molar-refractivity contribution in [2.24, 2.45) is 5.92 Å². The van der Waals surface area contributed by atoms with Crippen LogP contribution in [0.15, 0.2) is 6.20 Å². The molecule has 2 aliphatic heterocycles. The molecule has 23 heavy (non-hydrogen) atoms. The lowest BCUT2D eigenvalue weighted by Crippen LogP contribution is -2.50. The summed E-state index contributed by atoms with van der Waals surface area (Å²) in [6.45, 7) is 7.14. The summed E-state index contributed by atoms with van der Waals surface area (Å²) in [6, 6.07) is 0.138. The second kappa shape index (κ2) is 6.86. The van der Waals surface area contributed by atoms with Crippen LogP contribution >= 0.6 is 11.3 Å².